The van der Waals surface area contributed by atoms with Crippen LogP contribution in [0, 0.1) is 0 Å². The molecule has 1 aliphatic rings. The van der Waals surface area contributed by atoms with Crippen molar-refractivity contribution in [2.45, 2.75) is 45.1 Å². The Labute approximate surface area is 147 Å². The predicted molar refractivity (Wildman–Crippen MR) is 92.1 cm³/mol. The number of carbonyl (C=O) groups excluding carboxylic acids is 1. The van der Waals surface area contributed by atoms with E-state index >= 15 is 0 Å². The van der Waals surface area contributed by atoms with Crippen molar-refractivity contribution >= 4 is 17.7 Å². The van der Waals surface area contributed by atoms with E-state index in [1.807, 2.05) is 31.2 Å². The van der Waals surface area contributed by atoms with Gasteiger partial charge in [-0.3, -0.25) is 4.79 Å². The first-order valence-corrected chi connectivity index (χ1v) is 8.40. The summed E-state index contributed by atoms with van der Waals surface area (Å²) >= 11 is 0. The Hall–Kier alpha value is -2.41. The second-order valence-corrected chi connectivity index (χ2v) is 5.67. The molecule has 0 aromatic heterocycles. The summed E-state index contributed by atoms with van der Waals surface area (Å²) in [7, 11) is 0. The van der Waals surface area contributed by atoms with Gasteiger partial charge in [0.1, 0.15) is 12.4 Å². The van der Waals surface area contributed by atoms with E-state index in [0.717, 1.165) is 6.54 Å². The third kappa shape index (κ3) is 7.80. The number of rotatable bonds is 7. The number of ether oxygens (including phenoxy) is 1. The molecule has 1 saturated carbocycles. The number of carboxylic acids is 2. The summed E-state index contributed by atoms with van der Waals surface area (Å²) < 4.78 is 5.74. The van der Waals surface area contributed by atoms with Crippen LogP contribution in [0.1, 0.15) is 49.4 Å². The minimum atomic E-state index is -1.82. The molecule has 25 heavy (non-hydrogen) atoms. The molecule has 0 atom stereocenters. The summed E-state index contributed by atoms with van der Waals surface area (Å²) in [4.78, 5) is 30.0. The molecule has 0 heterocycles. The second kappa shape index (κ2) is 11.2. The van der Waals surface area contributed by atoms with Crippen molar-refractivity contribution in [1.29, 1.82) is 0 Å². The number of hydrogen-bond acceptors (Lipinski definition) is 5. The van der Waals surface area contributed by atoms with Crippen LogP contribution in [0.3, 0.4) is 0 Å². The zero-order chi connectivity index (χ0) is 18.7. The third-order valence-corrected chi connectivity index (χ3v) is 3.84. The molecule has 138 valence electrons. The van der Waals surface area contributed by atoms with Gasteiger partial charge in [0.05, 0.1) is 5.56 Å². The van der Waals surface area contributed by atoms with Crippen LogP contribution in [0.2, 0.25) is 0 Å². The average molecular weight is 351 g/mol. The van der Waals surface area contributed by atoms with Gasteiger partial charge in [0.25, 0.3) is 0 Å². The lowest BCUT2D eigenvalue weighted by atomic mass is 10.1. The van der Waals surface area contributed by atoms with Crippen LogP contribution in [0.25, 0.3) is 0 Å². The molecule has 0 bridgehead atoms. The van der Waals surface area contributed by atoms with Crippen molar-refractivity contribution in [3.8, 4) is 5.75 Å². The van der Waals surface area contributed by atoms with Gasteiger partial charge in [-0.15, -0.1) is 0 Å². The minimum Gasteiger partial charge on any atom is -0.492 e. The van der Waals surface area contributed by atoms with Crippen LogP contribution in [-0.4, -0.2) is 47.1 Å². The molecule has 0 aliphatic heterocycles. The summed E-state index contributed by atoms with van der Waals surface area (Å²) in [5.74, 6) is -2.80. The predicted octanol–water partition coefficient (Wildman–Crippen LogP) is 2.35. The lowest BCUT2D eigenvalue weighted by molar-refractivity contribution is -0.159. The molecule has 0 spiro atoms. The highest BCUT2D eigenvalue weighted by atomic mass is 16.5. The van der Waals surface area contributed by atoms with Crippen molar-refractivity contribution in [1.82, 2.24) is 5.32 Å². The molecule has 1 aromatic rings. The Bertz CT molecular complexity index is 569. The van der Waals surface area contributed by atoms with Gasteiger partial charge >= 0.3 is 11.9 Å². The maximum absolute atomic E-state index is 11.8. The van der Waals surface area contributed by atoms with Gasteiger partial charge in [0.2, 0.25) is 0 Å². The van der Waals surface area contributed by atoms with Gasteiger partial charge < -0.3 is 20.3 Å². The van der Waals surface area contributed by atoms with Gasteiger partial charge in [0.15, 0.2) is 5.78 Å². The van der Waals surface area contributed by atoms with Crippen molar-refractivity contribution in [3.63, 3.8) is 0 Å². The number of Topliss-reactive ketones (excluding diaryl/α,β-unsaturated/α-hetero) is 1. The summed E-state index contributed by atoms with van der Waals surface area (Å²) in [5, 5.41) is 18.3. The van der Waals surface area contributed by atoms with E-state index in [2.05, 4.69) is 5.32 Å². The molecule has 1 aliphatic carbocycles. The lowest BCUT2D eigenvalue weighted by Gasteiger charge is -2.13. The van der Waals surface area contributed by atoms with E-state index in [1.54, 1.807) is 0 Å². The van der Waals surface area contributed by atoms with Gasteiger partial charge in [0, 0.05) is 19.0 Å². The summed E-state index contributed by atoms with van der Waals surface area (Å²) in [6.45, 7) is 3.34. The van der Waals surface area contributed by atoms with Crippen LogP contribution >= 0.6 is 0 Å². The summed E-state index contributed by atoms with van der Waals surface area (Å²) in [6, 6.07) is 8.17. The molecule has 1 fully saturated rings. The molecule has 0 amide bonds. The Balaban J connectivity index is 0.000000450. The van der Waals surface area contributed by atoms with E-state index in [9.17, 15) is 4.79 Å². The van der Waals surface area contributed by atoms with Crippen LogP contribution in [0.15, 0.2) is 24.3 Å². The van der Waals surface area contributed by atoms with Gasteiger partial charge in [-0.05, 0) is 25.0 Å². The number of benzene rings is 1. The number of carboxylic acid groups (broad SMARTS) is 2. The zero-order valence-electron chi connectivity index (χ0n) is 14.4. The number of hydrogen-bond donors (Lipinski definition) is 3. The van der Waals surface area contributed by atoms with Crippen LogP contribution in [-0.2, 0) is 9.59 Å². The molecule has 0 saturated heterocycles. The van der Waals surface area contributed by atoms with Crippen molar-refractivity contribution < 1.29 is 29.3 Å². The average Bonchev–Trinajstić information content (AvgIpc) is 3.12. The Morgan fingerprint density at radius 2 is 1.72 bits per heavy atom. The first-order chi connectivity index (χ1) is 12.0. The Kier molecular flexibility index (Phi) is 9.24. The molecule has 2 rings (SSSR count). The molecule has 0 unspecified atom stereocenters. The van der Waals surface area contributed by atoms with Crippen LogP contribution < -0.4 is 10.1 Å². The minimum absolute atomic E-state index is 0.138. The maximum atomic E-state index is 11.8. The van der Waals surface area contributed by atoms with E-state index in [0.29, 0.717) is 30.4 Å². The molecule has 3 N–H and O–H groups in total. The fourth-order valence-corrected chi connectivity index (χ4v) is 2.57. The van der Waals surface area contributed by atoms with Gasteiger partial charge in [-0.1, -0.05) is 31.9 Å². The lowest BCUT2D eigenvalue weighted by Crippen LogP contribution is -2.30. The van der Waals surface area contributed by atoms with Crippen molar-refractivity contribution in [2.24, 2.45) is 0 Å². The Morgan fingerprint density at radius 1 is 1.12 bits per heavy atom. The largest absolute Gasteiger partial charge is 0.492 e. The van der Waals surface area contributed by atoms with E-state index in [-0.39, 0.29) is 5.78 Å². The van der Waals surface area contributed by atoms with Crippen LogP contribution in [0.5, 0.6) is 5.75 Å². The monoisotopic (exact) mass is 351 g/mol. The number of aliphatic carboxylic acids is 2. The first-order valence-electron chi connectivity index (χ1n) is 8.40. The topological polar surface area (TPSA) is 113 Å². The van der Waals surface area contributed by atoms with Gasteiger partial charge in [-0.2, -0.15) is 0 Å². The van der Waals surface area contributed by atoms with E-state index in [1.165, 1.54) is 25.7 Å². The molecular weight excluding hydrogens is 326 g/mol. The van der Waals surface area contributed by atoms with E-state index in [4.69, 9.17) is 24.5 Å². The zero-order valence-corrected chi connectivity index (χ0v) is 14.4. The molecule has 7 nitrogen and oxygen atoms in total. The smallest absolute Gasteiger partial charge is 0.414 e. The van der Waals surface area contributed by atoms with E-state index < -0.39 is 11.9 Å². The second-order valence-electron chi connectivity index (χ2n) is 5.67. The quantitative estimate of drug-likeness (QED) is 0.392. The third-order valence-electron chi connectivity index (χ3n) is 3.84. The highest BCUT2D eigenvalue weighted by Gasteiger charge is 2.14. The fourth-order valence-electron chi connectivity index (χ4n) is 2.57. The molecule has 1 aromatic carbocycles. The van der Waals surface area contributed by atoms with Crippen molar-refractivity contribution in [2.75, 3.05) is 13.2 Å². The summed E-state index contributed by atoms with van der Waals surface area (Å²) in [5.41, 5.74) is 0.700. The normalized spacial score (nSPS) is 13.6. The van der Waals surface area contributed by atoms with Gasteiger partial charge in [-0.25, -0.2) is 9.59 Å². The standard InChI is InChI=1S/C16H23NO2.C2H2O4/c1-2-15(18)14-9-5-6-10-16(14)19-12-11-17-13-7-3-4-8-13;3-1(4)2(5)6/h5-6,9-10,13,17H,2-4,7-8,11-12H2,1H3;(H,3,4)(H,5,6). The molecule has 7 heteroatoms. The number of nitrogens with one attached hydrogen (secondary N) is 1. The van der Waals surface area contributed by atoms with Crippen molar-refractivity contribution in [3.05, 3.63) is 29.8 Å². The number of carbonyl (C=O) groups is 3. The maximum Gasteiger partial charge on any atom is 0.414 e. The van der Waals surface area contributed by atoms with Crippen LogP contribution in [0.4, 0.5) is 0 Å². The summed E-state index contributed by atoms with van der Waals surface area (Å²) in [6.07, 6.45) is 5.76. The highest BCUT2D eigenvalue weighted by molar-refractivity contribution is 6.27. The Morgan fingerprint density at radius 3 is 2.28 bits per heavy atom. The fraction of sp³-hybridized carbons (Fsp3) is 0.500. The number of para-hydroxylation sites is 1. The molecular formula is C18H25NO6. The molecule has 0 radical (unpaired) electrons. The number of ketones is 1. The highest BCUT2D eigenvalue weighted by Crippen LogP contribution is 2.20. The first kappa shape index (κ1) is 20.6. The SMILES string of the molecule is CCC(=O)c1ccccc1OCCNC1CCCC1.O=C(O)C(=O)O.